The lowest BCUT2D eigenvalue weighted by molar-refractivity contribution is -0.125. The van der Waals surface area contributed by atoms with E-state index < -0.39 is 0 Å². The van der Waals surface area contributed by atoms with Gasteiger partial charge in [0.1, 0.15) is 0 Å². The quantitative estimate of drug-likeness (QED) is 0.735. The lowest BCUT2D eigenvalue weighted by atomic mass is 10.1. The highest BCUT2D eigenvalue weighted by molar-refractivity contribution is 6.18. The van der Waals surface area contributed by atoms with Gasteiger partial charge in [0.15, 0.2) is 0 Å². The fourth-order valence-corrected chi connectivity index (χ4v) is 1.74. The van der Waals surface area contributed by atoms with Gasteiger partial charge in [-0.3, -0.25) is 9.78 Å². The summed E-state index contributed by atoms with van der Waals surface area (Å²) in [5.74, 6) is 0.0210. The third kappa shape index (κ3) is 2.28. The van der Waals surface area contributed by atoms with Gasteiger partial charge in [0.05, 0.1) is 0 Å². The Morgan fingerprint density at radius 3 is 2.56 bits per heavy atom. The highest BCUT2D eigenvalue weighted by Gasteiger charge is 2.19. The zero-order valence-electron chi connectivity index (χ0n) is 9.15. The maximum Gasteiger partial charge on any atom is 0.253 e. The summed E-state index contributed by atoms with van der Waals surface area (Å²) in [7, 11) is 0. The molecule has 0 unspecified atom stereocenters. The van der Waals surface area contributed by atoms with Crippen molar-refractivity contribution >= 4 is 11.5 Å². The van der Waals surface area contributed by atoms with Gasteiger partial charge in [0.25, 0.3) is 5.91 Å². The first-order chi connectivity index (χ1) is 7.79. The minimum atomic E-state index is 0.0210. The van der Waals surface area contributed by atoms with Gasteiger partial charge in [-0.2, -0.15) is 0 Å². The summed E-state index contributed by atoms with van der Waals surface area (Å²) in [4.78, 5) is 17.8. The van der Waals surface area contributed by atoms with E-state index in [0.717, 1.165) is 31.7 Å². The molecule has 2 rings (SSSR count). The van der Waals surface area contributed by atoms with E-state index in [1.165, 1.54) is 0 Å². The number of piperazine rings is 1. The van der Waals surface area contributed by atoms with E-state index in [2.05, 4.69) is 16.9 Å². The highest BCUT2D eigenvalue weighted by atomic mass is 16.2. The summed E-state index contributed by atoms with van der Waals surface area (Å²) in [5, 5.41) is 3.21. The molecule has 1 fully saturated rings. The third-order valence-corrected chi connectivity index (χ3v) is 2.69. The second-order valence-corrected chi connectivity index (χ2v) is 3.76. The van der Waals surface area contributed by atoms with Crippen LogP contribution in [0.2, 0.25) is 0 Å². The van der Waals surface area contributed by atoms with Crippen LogP contribution in [-0.2, 0) is 4.79 Å². The standard InChI is InChI=1S/C12H15N3O/c1-10(11-2-4-13-5-3-11)12(16)15-8-6-14-7-9-15/h2-5,14H,1,6-9H2. The number of amides is 1. The van der Waals surface area contributed by atoms with Crippen LogP contribution in [-0.4, -0.2) is 42.0 Å². The molecule has 1 amide bonds. The van der Waals surface area contributed by atoms with Crippen LogP contribution in [0.15, 0.2) is 31.1 Å². The molecule has 0 bridgehead atoms. The fraction of sp³-hybridized carbons (Fsp3) is 0.333. The van der Waals surface area contributed by atoms with Crippen LogP contribution in [0.4, 0.5) is 0 Å². The van der Waals surface area contributed by atoms with Crippen molar-refractivity contribution in [1.82, 2.24) is 15.2 Å². The van der Waals surface area contributed by atoms with Gasteiger partial charge < -0.3 is 10.2 Å². The molecule has 2 heterocycles. The minimum Gasteiger partial charge on any atom is -0.336 e. The molecule has 1 aromatic heterocycles. The zero-order valence-corrected chi connectivity index (χ0v) is 9.15. The molecule has 1 aromatic rings. The number of pyridine rings is 1. The predicted octanol–water partition coefficient (Wildman–Crippen LogP) is 0.527. The highest BCUT2D eigenvalue weighted by Crippen LogP contribution is 2.14. The van der Waals surface area contributed by atoms with Gasteiger partial charge in [-0.05, 0) is 17.7 Å². The summed E-state index contributed by atoms with van der Waals surface area (Å²) in [6.45, 7) is 7.08. The van der Waals surface area contributed by atoms with Crippen molar-refractivity contribution in [3.05, 3.63) is 36.7 Å². The SMILES string of the molecule is C=C(C(=O)N1CCNCC1)c1ccncc1. The molecule has 1 aliphatic heterocycles. The minimum absolute atomic E-state index is 0.0210. The normalized spacial score (nSPS) is 15.9. The molecule has 0 atom stereocenters. The van der Waals surface area contributed by atoms with Gasteiger partial charge in [-0.15, -0.1) is 0 Å². The van der Waals surface area contributed by atoms with E-state index in [1.54, 1.807) is 12.4 Å². The van der Waals surface area contributed by atoms with Crippen LogP contribution in [0.3, 0.4) is 0 Å². The monoisotopic (exact) mass is 217 g/mol. The Bertz CT molecular complexity index is 383. The summed E-state index contributed by atoms with van der Waals surface area (Å²) in [5.41, 5.74) is 1.39. The molecular formula is C12H15N3O. The van der Waals surface area contributed by atoms with Gasteiger partial charge in [-0.1, -0.05) is 6.58 Å². The van der Waals surface area contributed by atoms with Gasteiger partial charge in [0, 0.05) is 44.1 Å². The Balaban J connectivity index is 2.07. The number of carbonyl (C=O) groups excluding carboxylic acids is 1. The Labute approximate surface area is 95.0 Å². The number of nitrogens with one attached hydrogen (secondary N) is 1. The molecule has 0 spiro atoms. The molecule has 1 N–H and O–H groups in total. The van der Waals surface area contributed by atoms with Crippen LogP contribution >= 0.6 is 0 Å². The summed E-state index contributed by atoms with van der Waals surface area (Å²) < 4.78 is 0. The number of hydrogen-bond donors (Lipinski definition) is 1. The van der Waals surface area contributed by atoms with Crippen molar-refractivity contribution in [2.24, 2.45) is 0 Å². The van der Waals surface area contributed by atoms with Crippen molar-refractivity contribution in [3.8, 4) is 0 Å². The molecule has 1 aliphatic rings. The maximum atomic E-state index is 12.1. The third-order valence-electron chi connectivity index (χ3n) is 2.69. The molecule has 0 aliphatic carbocycles. The number of nitrogens with zero attached hydrogens (tertiary/aromatic N) is 2. The number of hydrogen-bond acceptors (Lipinski definition) is 3. The van der Waals surface area contributed by atoms with E-state index in [1.807, 2.05) is 17.0 Å². The van der Waals surface area contributed by atoms with Crippen LogP contribution < -0.4 is 5.32 Å². The average Bonchev–Trinajstić information content (AvgIpc) is 2.39. The van der Waals surface area contributed by atoms with E-state index in [0.29, 0.717) is 5.57 Å². The fourth-order valence-electron chi connectivity index (χ4n) is 1.74. The first-order valence-corrected chi connectivity index (χ1v) is 5.38. The molecule has 4 nitrogen and oxygen atoms in total. The molecule has 0 saturated carbocycles. The smallest absolute Gasteiger partial charge is 0.253 e. The molecule has 0 radical (unpaired) electrons. The van der Waals surface area contributed by atoms with E-state index in [-0.39, 0.29) is 5.91 Å². The Hall–Kier alpha value is -1.68. The summed E-state index contributed by atoms with van der Waals surface area (Å²) in [6, 6.07) is 3.62. The lowest BCUT2D eigenvalue weighted by Crippen LogP contribution is -2.46. The predicted molar refractivity (Wildman–Crippen MR) is 62.7 cm³/mol. The summed E-state index contributed by atoms with van der Waals surface area (Å²) in [6.07, 6.45) is 3.34. The van der Waals surface area contributed by atoms with Crippen molar-refractivity contribution in [2.45, 2.75) is 0 Å². The molecule has 16 heavy (non-hydrogen) atoms. The lowest BCUT2D eigenvalue weighted by Gasteiger charge is -2.28. The Morgan fingerprint density at radius 2 is 1.94 bits per heavy atom. The number of rotatable bonds is 2. The van der Waals surface area contributed by atoms with Crippen LogP contribution in [0.5, 0.6) is 0 Å². The second-order valence-electron chi connectivity index (χ2n) is 3.76. The molecule has 4 heteroatoms. The Kier molecular flexibility index (Phi) is 3.31. The zero-order chi connectivity index (χ0) is 11.4. The first-order valence-electron chi connectivity index (χ1n) is 5.38. The van der Waals surface area contributed by atoms with Gasteiger partial charge in [0.2, 0.25) is 0 Å². The second kappa shape index (κ2) is 4.90. The first kappa shape index (κ1) is 10.8. The number of aromatic nitrogens is 1. The molecule has 0 aromatic carbocycles. The van der Waals surface area contributed by atoms with Crippen molar-refractivity contribution in [2.75, 3.05) is 26.2 Å². The van der Waals surface area contributed by atoms with Crippen LogP contribution in [0.25, 0.3) is 5.57 Å². The maximum absolute atomic E-state index is 12.1. The van der Waals surface area contributed by atoms with Crippen molar-refractivity contribution in [3.63, 3.8) is 0 Å². The van der Waals surface area contributed by atoms with Gasteiger partial charge in [-0.25, -0.2) is 0 Å². The van der Waals surface area contributed by atoms with Crippen LogP contribution in [0, 0.1) is 0 Å². The molecule has 1 saturated heterocycles. The largest absolute Gasteiger partial charge is 0.336 e. The van der Waals surface area contributed by atoms with Crippen molar-refractivity contribution in [1.29, 1.82) is 0 Å². The van der Waals surface area contributed by atoms with E-state index in [9.17, 15) is 4.79 Å². The molecular weight excluding hydrogens is 202 g/mol. The molecule has 84 valence electrons. The van der Waals surface area contributed by atoms with Gasteiger partial charge >= 0.3 is 0 Å². The number of carbonyl (C=O) groups is 1. The van der Waals surface area contributed by atoms with E-state index >= 15 is 0 Å². The van der Waals surface area contributed by atoms with Crippen molar-refractivity contribution < 1.29 is 4.79 Å². The van der Waals surface area contributed by atoms with E-state index in [4.69, 9.17) is 0 Å². The Morgan fingerprint density at radius 1 is 1.31 bits per heavy atom. The van der Waals surface area contributed by atoms with Crippen LogP contribution in [0.1, 0.15) is 5.56 Å². The topological polar surface area (TPSA) is 45.2 Å². The summed E-state index contributed by atoms with van der Waals surface area (Å²) >= 11 is 0. The average molecular weight is 217 g/mol.